The van der Waals surface area contributed by atoms with Crippen LogP contribution in [0.1, 0.15) is 10.4 Å². The van der Waals surface area contributed by atoms with Gasteiger partial charge in [0.2, 0.25) is 5.91 Å². The Kier molecular flexibility index (Phi) is 6.78. The number of benzene rings is 1. The second kappa shape index (κ2) is 9.31. The van der Waals surface area contributed by atoms with Crippen LogP contribution >= 0.6 is 11.6 Å². The Hall–Kier alpha value is -2.85. The predicted molar refractivity (Wildman–Crippen MR) is 103 cm³/mol. The average molecular weight is 443 g/mol. The van der Waals surface area contributed by atoms with Gasteiger partial charge in [-0.25, -0.2) is 4.98 Å². The van der Waals surface area contributed by atoms with Gasteiger partial charge >= 0.3 is 6.36 Å². The van der Waals surface area contributed by atoms with Gasteiger partial charge < -0.3 is 15.0 Å². The van der Waals surface area contributed by atoms with Gasteiger partial charge in [-0.2, -0.15) is 0 Å². The lowest BCUT2D eigenvalue weighted by molar-refractivity contribution is -0.274. The number of alkyl halides is 3. The fourth-order valence-electron chi connectivity index (χ4n) is 2.97. The highest BCUT2D eigenvalue weighted by molar-refractivity contribution is 6.29. The highest BCUT2D eigenvalue weighted by atomic mass is 35.5. The van der Waals surface area contributed by atoms with Crippen molar-refractivity contribution >= 4 is 29.1 Å². The number of halogens is 4. The van der Waals surface area contributed by atoms with Gasteiger partial charge in [-0.05, 0) is 36.4 Å². The molecule has 0 unspecified atom stereocenters. The molecule has 1 aromatic carbocycles. The third-order valence-corrected chi connectivity index (χ3v) is 4.58. The van der Waals surface area contributed by atoms with E-state index in [0.717, 1.165) is 12.1 Å². The summed E-state index contributed by atoms with van der Waals surface area (Å²) >= 11 is 5.82. The van der Waals surface area contributed by atoms with Crippen LogP contribution in [0, 0.1) is 0 Å². The number of pyridine rings is 1. The number of rotatable bonds is 5. The first kappa shape index (κ1) is 21.8. The second-order valence-corrected chi connectivity index (χ2v) is 6.94. The number of hydrogen-bond acceptors (Lipinski definition) is 5. The Morgan fingerprint density at radius 1 is 1.10 bits per heavy atom. The Morgan fingerprint density at radius 3 is 2.37 bits per heavy atom. The quantitative estimate of drug-likeness (QED) is 0.720. The number of nitrogens with one attached hydrogen (secondary N) is 1. The second-order valence-electron chi connectivity index (χ2n) is 6.56. The van der Waals surface area contributed by atoms with E-state index in [1.54, 1.807) is 11.0 Å². The van der Waals surface area contributed by atoms with Crippen molar-refractivity contribution in [2.45, 2.75) is 6.36 Å². The summed E-state index contributed by atoms with van der Waals surface area (Å²) in [5.41, 5.74) is 0.817. The molecule has 3 rings (SSSR count). The number of nitrogens with zero attached hydrogens (tertiary/aromatic N) is 3. The topological polar surface area (TPSA) is 74.8 Å². The molecule has 1 saturated heterocycles. The normalized spacial score (nSPS) is 15.0. The summed E-state index contributed by atoms with van der Waals surface area (Å²) in [6, 6.07) is 8.01. The van der Waals surface area contributed by atoms with Crippen LogP contribution in [0.25, 0.3) is 0 Å². The molecule has 0 radical (unpaired) electrons. The van der Waals surface area contributed by atoms with Crippen LogP contribution in [0.15, 0.2) is 42.6 Å². The molecule has 7 nitrogen and oxygen atoms in total. The van der Waals surface area contributed by atoms with E-state index < -0.39 is 6.36 Å². The van der Waals surface area contributed by atoms with Crippen molar-refractivity contribution in [1.29, 1.82) is 0 Å². The van der Waals surface area contributed by atoms with Crippen molar-refractivity contribution in [3.05, 3.63) is 53.3 Å². The summed E-state index contributed by atoms with van der Waals surface area (Å²) in [5.74, 6) is -0.818. The molecule has 1 aliphatic heterocycles. The summed E-state index contributed by atoms with van der Waals surface area (Å²) < 4.78 is 40.3. The van der Waals surface area contributed by atoms with Crippen LogP contribution in [0.3, 0.4) is 0 Å². The summed E-state index contributed by atoms with van der Waals surface area (Å²) in [4.78, 5) is 32.1. The van der Waals surface area contributed by atoms with E-state index in [1.165, 1.54) is 24.4 Å². The third kappa shape index (κ3) is 6.33. The smallest absolute Gasteiger partial charge is 0.406 e. The van der Waals surface area contributed by atoms with Gasteiger partial charge in [0.25, 0.3) is 5.91 Å². The van der Waals surface area contributed by atoms with Gasteiger partial charge in [0.05, 0.1) is 6.54 Å². The van der Waals surface area contributed by atoms with Crippen LogP contribution in [0.5, 0.6) is 5.75 Å². The van der Waals surface area contributed by atoms with Gasteiger partial charge in [0.1, 0.15) is 10.9 Å². The molecule has 1 fully saturated rings. The van der Waals surface area contributed by atoms with E-state index in [1.807, 2.05) is 4.90 Å². The fourth-order valence-corrected chi connectivity index (χ4v) is 3.14. The summed E-state index contributed by atoms with van der Waals surface area (Å²) in [6.07, 6.45) is -3.30. The first-order chi connectivity index (χ1) is 14.2. The summed E-state index contributed by atoms with van der Waals surface area (Å²) in [6.45, 7) is 2.03. The highest BCUT2D eigenvalue weighted by Crippen LogP contribution is 2.24. The maximum Gasteiger partial charge on any atom is 0.573 e. The predicted octanol–water partition coefficient (Wildman–Crippen LogP) is 3.03. The number of piperazine rings is 1. The van der Waals surface area contributed by atoms with Crippen LogP contribution in [-0.4, -0.2) is 65.7 Å². The monoisotopic (exact) mass is 442 g/mol. The van der Waals surface area contributed by atoms with E-state index >= 15 is 0 Å². The van der Waals surface area contributed by atoms with Crippen LogP contribution in [0.2, 0.25) is 5.15 Å². The lowest BCUT2D eigenvalue weighted by Crippen LogP contribution is -2.50. The maximum atomic E-state index is 12.5. The zero-order chi connectivity index (χ0) is 21.7. The largest absolute Gasteiger partial charge is 0.573 e. The van der Waals surface area contributed by atoms with Crippen molar-refractivity contribution in [2.24, 2.45) is 0 Å². The van der Waals surface area contributed by atoms with Gasteiger partial charge in [-0.1, -0.05) is 11.6 Å². The van der Waals surface area contributed by atoms with Crippen molar-refractivity contribution in [3.8, 4) is 5.75 Å². The minimum Gasteiger partial charge on any atom is -0.406 e. The van der Waals surface area contributed by atoms with Crippen molar-refractivity contribution in [1.82, 2.24) is 14.8 Å². The number of aromatic nitrogens is 1. The molecule has 0 bridgehead atoms. The minimum atomic E-state index is -4.77. The third-order valence-electron chi connectivity index (χ3n) is 4.37. The molecule has 2 amide bonds. The van der Waals surface area contributed by atoms with Crippen molar-refractivity contribution in [3.63, 3.8) is 0 Å². The van der Waals surface area contributed by atoms with E-state index in [0.29, 0.717) is 37.4 Å². The number of anilines is 1. The average Bonchev–Trinajstić information content (AvgIpc) is 2.68. The Balaban J connectivity index is 1.45. The van der Waals surface area contributed by atoms with E-state index in [9.17, 15) is 22.8 Å². The minimum absolute atomic E-state index is 0.101. The van der Waals surface area contributed by atoms with Gasteiger partial charge in [-0.15, -0.1) is 13.2 Å². The van der Waals surface area contributed by atoms with Crippen LogP contribution in [0.4, 0.5) is 18.9 Å². The zero-order valence-electron chi connectivity index (χ0n) is 15.7. The first-order valence-corrected chi connectivity index (χ1v) is 9.36. The number of carbonyl (C=O) groups is 2. The number of ether oxygens (including phenoxy) is 1. The van der Waals surface area contributed by atoms with Gasteiger partial charge in [0.15, 0.2) is 0 Å². The molecule has 0 saturated carbocycles. The van der Waals surface area contributed by atoms with Crippen LogP contribution < -0.4 is 10.1 Å². The lowest BCUT2D eigenvalue weighted by Gasteiger charge is -2.34. The molecule has 1 N–H and O–H groups in total. The van der Waals surface area contributed by atoms with Crippen molar-refractivity contribution < 1.29 is 27.5 Å². The molecule has 2 aromatic rings. The van der Waals surface area contributed by atoms with Crippen LogP contribution in [-0.2, 0) is 4.79 Å². The van der Waals surface area contributed by atoms with E-state index in [-0.39, 0.29) is 29.3 Å². The molecular weight excluding hydrogens is 425 g/mol. The molecule has 0 atom stereocenters. The van der Waals surface area contributed by atoms with Crippen molar-refractivity contribution in [2.75, 3.05) is 38.0 Å². The fraction of sp³-hybridized carbons (Fsp3) is 0.316. The Labute approximate surface area is 175 Å². The summed E-state index contributed by atoms with van der Waals surface area (Å²) in [7, 11) is 0. The number of carbonyl (C=O) groups excluding carboxylic acids is 2. The first-order valence-electron chi connectivity index (χ1n) is 8.98. The van der Waals surface area contributed by atoms with Gasteiger partial charge in [0, 0.05) is 43.6 Å². The SMILES string of the molecule is O=C(CN1CCN(C(=O)c2ccnc(Cl)c2)CC1)Nc1ccc(OC(F)(F)F)cc1. The molecule has 2 heterocycles. The highest BCUT2D eigenvalue weighted by Gasteiger charge is 2.31. The van der Waals surface area contributed by atoms with E-state index in [2.05, 4.69) is 15.0 Å². The molecule has 1 aromatic heterocycles. The Bertz CT molecular complexity index is 901. The summed E-state index contributed by atoms with van der Waals surface area (Å²) in [5, 5.41) is 2.87. The number of hydrogen-bond donors (Lipinski definition) is 1. The molecule has 0 aliphatic carbocycles. The van der Waals surface area contributed by atoms with E-state index in [4.69, 9.17) is 11.6 Å². The molecule has 1 aliphatic rings. The molecule has 30 heavy (non-hydrogen) atoms. The van der Waals surface area contributed by atoms with Gasteiger partial charge in [-0.3, -0.25) is 14.5 Å². The zero-order valence-corrected chi connectivity index (χ0v) is 16.4. The number of amides is 2. The standard InChI is InChI=1S/C19H18ClF3N4O3/c20-16-11-13(5-6-24-16)18(29)27-9-7-26(8-10-27)12-17(28)25-14-1-3-15(4-2-14)30-19(21,22)23/h1-6,11H,7-10,12H2,(H,25,28). The Morgan fingerprint density at radius 2 is 1.77 bits per heavy atom. The molecular formula is C19H18ClF3N4O3. The molecule has 0 spiro atoms. The molecule has 160 valence electrons. The maximum absolute atomic E-state index is 12.5. The molecule has 11 heteroatoms. The lowest BCUT2D eigenvalue weighted by atomic mass is 10.2.